The average molecular weight is 194 g/mol. The second kappa shape index (κ2) is 5.52. The molecular formula is C9H11BO4-2. The van der Waals surface area contributed by atoms with Crippen molar-refractivity contribution in [2.45, 2.75) is 13.3 Å². The lowest BCUT2D eigenvalue weighted by atomic mass is 10.2. The van der Waals surface area contributed by atoms with Gasteiger partial charge in [-0.2, -0.15) is 0 Å². The molecular weight excluding hydrogens is 183 g/mol. The molecule has 0 saturated heterocycles. The van der Waals surface area contributed by atoms with Crippen LogP contribution in [0.2, 0.25) is 0 Å². The van der Waals surface area contributed by atoms with E-state index in [0.29, 0.717) is 12.4 Å². The van der Waals surface area contributed by atoms with Gasteiger partial charge in [-0.05, 0) is 18.6 Å². The molecule has 0 bridgehead atoms. The van der Waals surface area contributed by atoms with Crippen LogP contribution in [0.15, 0.2) is 24.3 Å². The summed E-state index contributed by atoms with van der Waals surface area (Å²) in [5.41, 5.74) is 0. The first-order valence-corrected chi connectivity index (χ1v) is 4.44. The van der Waals surface area contributed by atoms with Crippen LogP contribution in [0.25, 0.3) is 0 Å². The van der Waals surface area contributed by atoms with Gasteiger partial charge in [0.2, 0.25) is 0 Å². The van der Waals surface area contributed by atoms with Gasteiger partial charge < -0.3 is 19.4 Å². The Kier molecular flexibility index (Phi) is 4.29. The predicted octanol–water partition coefficient (Wildman–Crippen LogP) is -0.440. The van der Waals surface area contributed by atoms with E-state index in [1.54, 1.807) is 18.2 Å². The van der Waals surface area contributed by atoms with Crippen LogP contribution in [0.3, 0.4) is 0 Å². The number of para-hydroxylation sites is 2. The van der Waals surface area contributed by atoms with E-state index in [0.717, 1.165) is 6.42 Å². The third kappa shape index (κ3) is 3.28. The molecule has 0 aromatic heterocycles. The third-order valence-electron chi connectivity index (χ3n) is 1.53. The van der Waals surface area contributed by atoms with E-state index in [9.17, 15) is 10.0 Å². The van der Waals surface area contributed by atoms with E-state index < -0.39 is 7.32 Å². The van der Waals surface area contributed by atoms with Gasteiger partial charge >= 0.3 is 0 Å². The molecule has 0 heterocycles. The Morgan fingerprint density at radius 3 is 2.43 bits per heavy atom. The standard InChI is InChI=1S/C9H11BO4/c1-2-7-13-8-5-3-4-6-9(8)14-10(11)12/h3-6H,2,7H2,1H3/q-2. The van der Waals surface area contributed by atoms with Crippen molar-refractivity contribution in [3.05, 3.63) is 24.3 Å². The van der Waals surface area contributed by atoms with Crippen molar-refractivity contribution >= 4 is 7.32 Å². The minimum Gasteiger partial charge on any atom is -0.860 e. The Bertz CT molecular complexity index is 277. The SMILES string of the molecule is CCCOc1ccccc1OB([O-])[O-]. The summed E-state index contributed by atoms with van der Waals surface area (Å²) in [4.78, 5) is 0. The van der Waals surface area contributed by atoms with E-state index in [1.807, 2.05) is 6.92 Å². The molecule has 0 aliphatic carbocycles. The molecule has 0 N–H and O–H groups in total. The van der Waals surface area contributed by atoms with Crippen LogP contribution in [-0.4, -0.2) is 13.9 Å². The molecule has 0 fully saturated rings. The topological polar surface area (TPSA) is 64.6 Å². The summed E-state index contributed by atoms with van der Waals surface area (Å²) in [6.45, 7) is 2.50. The van der Waals surface area contributed by atoms with Crippen LogP contribution in [0.4, 0.5) is 0 Å². The van der Waals surface area contributed by atoms with Crippen LogP contribution < -0.4 is 19.4 Å². The van der Waals surface area contributed by atoms with Gasteiger partial charge in [0, 0.05) is 0 Å². The summed E-state index contributed by atoms with van der Waals surface area (Å²) in [5.74, 6) is 0.641. The van der Waals surface area contributed by atoms with Gasteiger partial charge in [0.05, 0.1) is 6.61 Å². The lowest BCUT2D eigenvalue weighted by Crippen LogP contribution is -2.50. The molecule has 0 aliphatic heterocycles. The molecule has 0 amide bonds. The highest BCUT2D eigenvalue weighted by Crippen LogP contribution is 2.26. The Morgan fingerprint density at radius 2 is 1.86 bits per heavy atom. The van der Waals surface area contributed by atoms with Crippen molar-refractivity contribution in [1.82, 2.24) is 0 Å². The van der Waals surface area contributed by atoms with E-state index in [-0.39, 0.29) is 5.75 Å². The second-order valence-electron chi connectivity index (χ2n) is 2.70. The molecule has 0 atom stereocenters. The van der Waals surface area contributed by atoms with Crippen LogP contribution in [0.1, 0.15) is 13.3 Å². The molecule has 0 unspecified atom stereocenters. The molecule has 4 nitrogen and oxygen atoms in total. The lowest BCUT2D eigenvalue weighted by molar-refractivity contribution is -0.372. The summed E-state index contributed by atoms with van der Waals surface area (Å²) in [7, 11) is -2.32. The van der Waals surface area contributed by atoms with Crippen molar-refractivity contribution < 1.29 is 19.4 Å². The number of hydrogen-bond acceptors (Lipinski definition) is 4. The van der Waals surface area contributed by atoms with Gasteiger partial charge in [0.1, 0.15) is 13.1 Å². The summed E-state index contributed by atoms with van der Waals surface area (Å²) in [6, 6.07) is 6.63. The van der Waals surface area contributed by atoms with Gasteiger partial charge in [-0.3, -0.25) is 0 Å². The highest BCUT2D eigenvalue weighted by molar-refractivity contribution is 6.29. The molecule has 1 aromatic rings. The molecule has 0 saturated carbocycles. The Morgan fingerprint density at radius 1 is 1.21 bits per heavy atom. The highest BCUT2D eigenvalue weighted by atomic mass is 16.6. The lowest BCUT2D eigenvalue weighted by Gasteiger charge is -2.27. The fraction of sp³-hybridized carbons (Fsp3) is 0.333. The molecule has 5 heteroatoms. The Balaban J connectivity index is 2.69. The van der Waals surface area contributed by atoms with Gasteiger partial charge in [0.25, 0.3) is 0 Å². The first-order valence-electron chi connectivity index (χ1n) is 4.44. The Hall–Kier alpha value is -1.20. The van der Waals surface area contributed by atoms with E-state index in [2.05, 4.69) is 4.65 Å². The molecule has 0 spiro atoms. The zero-order valence-corrected chi connectivity index (χ0v) is 7.93. The first-order chi connectivity index (χ1) is 6.74. The maximum Gasteiger partial charge on any atom is 0.159 e. The number of hydrogen-bond donors (Lipinski definition) is 0. The quantitative estimate of drug-likeness (QED) is 0.596. The van der Waals surface area contributed by atoms with Crippen LogP contribution in [0, 0.1) is 0 Å². The normalized spacial score (nSPS) is 9.64. The van der Waals surface area contributed by atoms with Gasteiger partial charge in [-0.15, -0.1) is 0 Å². The van der Waals surface area contributed by atoms with Crippen LogP contribution in [0.5, 0.6) is 11.5 Å². The van der Waals surface area contributed by atoms with Crippen molar-refractivity contribution in [3.63, 3.8) is 0 Å². The molecule has 0 radical (unpaired) electrons. The molecule has 14 heavy (non-hydrogen) atoms. The van der Waals surface area contributed by atoms with E-state index in [1.165, 1.54) is 6.07 Å². The molecule has 0 aliphatic rings. The fourth-order valence-electron chi connectivity index (χ4n) is 0.982. The minimum atomic E-state index is -2.32. The van der Waals surface area contributed by atoms with Gasteiger partial charge in [-0.25, -0.2) is 0 Å². The monoisotopic (exact) mass is 194 g/mol. The zero-order valence-electron chi connectivity index (χ0n) is 7.93. The summed E-state index contributed by atoms with van der Waals surface area (Å²) in [5, 5.41) is 20.6. The maximum atomic E-state index is 10.3. The number of benzene rings is 1. The maximum absolute atomic E-state index is 10.3. The summed E-state index contributed by atoms with van der Waals surface area (Å²) < 4.78 is 9.79. The summed E-state index contributed by atoms with van der Waals surface area (Å²) >= 11 is 0. The Labute approximate surface area is 83.3 Å². The highest BCUT2D eigenvalue weighted by Gasteiger charge is 2.01. The third-order valence-corrected chi connectivity index (χ3v) is 1.53. The smallest absolute Gasteiger partial charge is 0.159 e. The largest absolute Gasteiger partial charge is 0.860 e. The number of ether oxygens (including phenoxy) is 1. The molecule has 1 aromatic carbocycles. The fourth-order valence-corrected chi connectivity index (χ4v) is 0.982. The van der Waals surface area contributed by atoms with Gasteiger partial charge in [-0.1, -0.05) is 19.1 Å². The minimum absolute atomic E-state index is 0.205. The van der Waals surface area contributed by atoms with Crippen LogP contribution >= 0.6 is 0 Å². The van der Waals surface area contributed by atoms with E-state index >= 15 is 0 Å². The van der Waals surface area contributed by atoms with E-state index in [4.69, 9.17) is 4.74 Å². The summed E-state index contributed by atoms with van der Waals surface area (Å²) in [6.07, 6.45) is 0.854. The second-order valence-corrected chi connectivity index (χ2v) is 2.70. The zero-order chi connectivity index (χ0) is 10.4. The number of rotatable bonds is 5. The van der Waals surface area contributed by atoms with Crippen LogP contribution in [-0.2, 0) is 0 Å². The van der Waals surface area contributed by atoms with Crippen molar-refractivity contribution in [1.29, 1.82) is 0 Å². The molecule has 1 rings (SSSR count). The van der Waals surface area contributed by atoms with Gasteiger partial charge in [0.15, 0.2) is 5.75 Å². The molecule has 76 valence electrons. The average Bonchev–Trinajstić information content (AvgIpc) is 2.16. The first kappa shape index (κ1) is 10.9. The van der Waals surface area contributed by atoms with Crippen molar-refractivity contribution in [2.75, 3.05) is 6.61 Å². The predicted molar refractivity (Wildman–Crippen MR) is 48.6 cm³/mol. The van der Waals surface area contributed by atoms with Crippen molar-refractivity contribution in [2.24, 2.45) is 0 Å². The van der Waals surface area contributed by atoms with Crippen molar-refractivity contribution in [3.8, 4) is 11.5 Å².